The molecule has 0 saturated carbocycles. The van der Waals surface area contributed by atoms with Crippen molar-refractivity contribution >= 4 is 22.7 Å². The van der Waals surface area contributed by atoms with Crippen molar-refractivity contribution in [3.63, 3.8) is 0 Å². The number of aromatic amines is 1. The van der Waals surface area contributed by atoms with Gasteiger partial charge in [0.2, 0.25) is 5.91 Å². The summed E-state index contributed by atoms with van der Waals surface area (Å²) in [6.45, 7) is 0. The minimum absolute atomic E-state index is 0.103. The van der Waals surface area contributed by atoms with Crippen molar-refractivity contribution in [3.05, 3.63) is 78.2 Å². The highest BCUT2D eigenvalue weighted by Gasteiger charge is 2.13. The molecular weight excluding hydrogens is 344 g/mol. The topological polar surface area (TPSA) is 105 Å². The van der Waals surface area contributed by atoms with E-state index in [1.807, 2.05) is 54.6 Å². The first-order valence-corrected chi connectivity index (χ1v) is 8.32. The molecule has 0 atom stereocenters. The van der Waals surface area contributed by atoms with Gasteiger partial charge < -0.3 is 4.98 Å². The highest BCUT2D eigenvalue weighted by molar-refractivity contribution is 5.94. The number of H-pyrrole nitrogens is 1. The summed E-state index contributed by atoms with van der Waals surface area (Å²) < 4.78 is 0. The zero-order chi connectivity index (χ0) is 18.6. The lowest BCUT2D eigenvalue weighted by Crippen LogP contribution is -2.42. The van der Waals surface area contributed by atoms with Crippen molar-refractivity contribution in [3.8, 4) is 5.69 Å². The lowest BCUT2D eigenvalue weighted by molar-refractivity contribution is -0.121. The van der Waals surface area contributed by atoms with Crippen LogP contribution in [0.1, 0.15) is 16.1 Å². The number of hydrogen-bond donors (Lipinski definition) is 3. The molecule has 2 amide bonds. The van der Waals surface area contributed by atoms with Gasteiger partial charge in [0.05, 0.1) is 18.3 Å². The minimum Gasteiger partial charge on any atom is -0.361 e. The van der Waals surface area contributed by atoms with Crippen LogP contribution in [0.2, 0.25) is 0 Å². The second kappa shape index (κ2) is 7.12. The van der Waals surface area contributed by atoms with Crippen LogP contribution in [0.25, 0.3) is 16.6 Å². The summed E-state index contributed by atoms with van der Waals surface area (Å²) in [5.74, 6) is -0.868. The zero-order valence-corrected chi connectivity index (χ0v) is 14.2. The molecule has 2 heterocycles. The maximum Gasteiger partial charge on any atom is 0.291 e. The van der Waals surface area contributed by atoms with Gasteiger partial charge in [0.25, 0.3) is 5.91 Å². The van der Waals surface area contributed by atoms with Gasteiger partial charge in [0, 0.05) is 17.1 Å². The lowest BCUT2D eigenvalue weighted by Gasteiger charge is -2.05. The average Bonchev–Trinajstić information content (AvgIpc) is 3.35. The van der Waals surface area contributed by atoms with Gasteiger partial charge in [-0.2, -0.15) is 9.90 Å². The molecule has 0 radical (unpaired) electrons. The van der Waals surface area contributed by atoms with Gasteiger partial charge in [-0.15, -0.1) is 5.10 Å². The molecule has 4 rings (SSSR count). The fourth-order valence-electron chi connectivity index (χ4n) is 2.74. The monoisotopic (exact) mass is 360 g/mol. The fourth-order valence-corrected chi connectivity index (χ4v) is 2.74. The van der Waals surface area contributed by atoms with Gasteiger partial charge in [-0.1, -0.05) is 36.4 Å². The van der Waals surface area contributed by atoms with Crippen molar-refractivity contribution in [1.29, 1.82) is 0 Å². The molecule has 0 aliphatic rings. The molecule has 0 aliphatic heterocycles. The van der Waals surface area contributed by atoms with Gasteiger partial charge in [-0.3, -0.25) is 20.4 Å². The normalized spacial score (nSPS) is 10.7. The summed E-state index contributed by atoms with van der Waals surface area (Å²) >= 11 is 0. The number of nitrogens with one attached hydrogen (secondary N) is 3. The summed E-state index contributed by atoms with van der Waals surface area (Å²) in [5, 5.41) is 9.15. The Labute approximate surface area is 154 Å². The molecule has 0 unspecified atom stereocenters. The van der Waals surface area contributed by atoms with Crippen LogP contribution in [0.15, 0.2) is 67.0 Å². The Bertz CT molecular complexity index is 1100. The third-order valence-electron chi connectivity index (χ3n) is 4.05. The predicted molar refractivity (Wildman–Crippen MR) is 99.0 cm³/mol. The summed E-state index contributed by atoms with van der Waals surface area (Å²) in [6.07, 6.45) is 3.27. The van der Waals surface area contributed by atoms with E-state index in [0.29, 0.717) is 0 Å². The number of carbonyl (C=O) groups is 2. The number of hydrogen-bond acceptors (Lipinski definition) is 4. The van der Waals surface area contributed by atoms with Crippen LogP contribution in [-0.4, -0.2) is 31.8 Å². The van der Waals surface area contributed by atoms with E-state index in [4.69, 9.17) is 0 Å². The van der Waals surface area contributed by atoms with Crippen molar-refractivity contribution < 1.29 is 9.59 Å². The van der Waals surface area contributed by atoms with Gasteiger partial charge in [0.1, 0.15) is 0 Å². The Morgan fingerprint density at radius 3 is 2.63 bits per heavy atom. The molecule has 8 heteroatoms. The van der Waals surface area contributed by atoms with Gasteiger partial charge >= 0.3 is 0 Å². The molecule has 0 spiro atoms. The number of nitrogens with zero attached hydrogens (tertiary/aromatic N) is 3. The Morgan fingerprint density at radius 1 is 1.00 bits per heavy atom. The molecule has 2 aromatic carbocycles. The van der Waals surface area contributed by atoms with Crippen molar-refractivity contribution in [2.24, 2.45) is 0 Å². The predicted octanol–water partition coefficient (Wildman–Crippen LogP) is 1.75. The van der Waals surface area contributed by atoms with E-state index in [1.165, 1.54) is 11.0 Å². The first kappa shape index (κ1) is 16.5. The van der Waals surface area contributed by atoms with Crippen molar-refractivity contribution in [2.45, 2.75) is 6.42 Å². The Morgan fingerprint density at radius 2 is 1.78 bits per heavy atom. The van der Waals surface area contributed by atoms with E-state index in [2.05, 4.69) is 26.0 Å². The van der Waals surface area contributed by atoms with Crippen LogP contribution in [0, 0.1) is 0 Å². The third kappa shape index (κ3) is 3.54. The van der Waals surface area contributed by atoms with Crippen LogP contribution in [0.4, 0.5) is 0 Å². The molecule has 2 aromatic heterocycles. The maximum atomic E-state index is 12.2. The molecule has 4 aromatic rings. The minimum atomic E-state index is -0.538. The number of rotatable bonds is 4. The van der Waals surface area contributed by atoms with E-state index < -0.39 is 5.91 Å². The van der Waals surface area contributed by atoms with E-state index in [-0.39, 0.29) is 18.0 Å². The summed E-state index contributed by atoms with van der Waals surface area (Å²) in [6, 6.07) is 16.9. The number of para-hydroxylation sites is 2. The molecule has 27 heavy (non-hydrogen) atoms. The Hall–Kier alpha value is -3.94. The number of amides is 2. The fraction of sp³-hybridized carbons (Fsp3) is 0.0526. The number of benzene rings is 2. The third-order valence-corrected chi connectivity index (χ3v) is 4.05. The molecule has 0 fully saturated rings. The van der Waals surface area contributed by atoms with Gasteiger partial charge in [-0.05, 0) is 23.8 Å². The summed E-state index contributed by atoms with van der Waals surface area (Å²) in [4.78, 5) is 28.8. The number of carbonyl (C=O) groups excluding carboxylic acids is 2. The van der Waals surface area contributed by atoms with Crippen LogP contribution in [0.3, 0.4) is 0 Å². The number of aromatic nitrogens is 4. The summed E-state index contributed by atoms with van der Waals surface area (Å²) in [5.41, 5.74) is 7.42. The number of fused-ring (bicyclic) bond motifs is 1. The van der Waals surface area contributed by atoms with Crippen LogP contribution < -0.4 is 10.9 Å². The molecule has 0 aliphatic carbocycles. The quantitative estimate of drug-likeness (QED) is 0.482. The van der Waals surface area contributed by atoms with Crippen molar-refractivity contribution in [2.75, 3.05) is 0 Å². The standard InChI is InChI=1S/C19H16N6O2/c26-18(10-13-11-20-16-9-5-4-8-15(13)16)22-23-19(27)17-12-21-25(24-17)14-6-2-1-3-7-14/h1-9,11-12,20H,10H2,(H,22,26)(H,23,27). The average molecular weight is 360 g/mol. The first-order valence-electron chi connectivity index (χ1n) is 8.32. The van der Waals surface area contributed by atoms with Crippen molar-refractivity contribution in [1.82, 2.24) is 30.8 Å². The largest absolute Gasteiger partial charge is 0.361 e. The second-order valence-electron chi connectivity index (χ2n) is 5.89. The zero-order valence-electron chi connectivity index (χ0n) is 14.2. The number of hydrazine groups is 1. The van der Waals surface area contributed by atoms with E-state index >= 15 is 0 Å². The first-order chi connectivity index (χ1) is 13.2. The highest BCUT2D eigenvalue weighted by atomic mass is 16.2. The molecule has 0 saturated heterocycles. The van der Waals surface area contributed by atoms with E-state index in [9.17, 15) is 9.59 Å². The van der Waals surface area contributed by atoms with Crippen LogP contribution in [0.5, 0.6) is 0 Å². The van der Waals surface area contributed by atoms with Crippen LogP contribution >= 0.6 is 0 Å². The molecule has 8 nitrogen and oxygen atoms in total. The molecular formula is C19H16N6O2. The Kier molecular flexibility index (Phi) is 4.36. The maximum absolute atomic E-state index is 12.2. The van der Waals surface area contributed by atoms with Crippen LogP contribution in [-0.2, 0) is 11.2 Å². The second-order valence-corrected chi connectivity index (χ2v) is 5.89. The highest BCUT2D eigenvalue weighted by Crippen LogP contribution is 2.17. The van der Waals surface area contributed by atoms with Gasteiger partial charge in [-0.25, -0.2) is 0 Å². The summed E-state index contributed by atoms with van der Waals surface area (Å²) in [7, 11) is 0. The lowest BCUT2D eigenvalue weighted by atomic mass is 10.1. The molecule has 0 bridgehead atoms. The molecule has 134 valence electrons. The smallest absolute Gasteiger partial charge is 0.291 e. The van der Waals surface area contributed by atoms with E-state index in [1.54, 1.807) is 6.20 Å². The Balaban J connectivity index is 1.36. The van der Waals surface area contributed by atoms with Gasteiger partial charge in [0.15, 0.2) is 5.69 Å². The molecule has 3 N–H and O–H groups in total. The van der Waals surface area contributed by atoms with E-state index in [0.717, 1.165) is 22.2 Å². The SMILES string of the molecule is O=C(Cc1c[nH]c2ccccc12)NNC(=O)c1cnn(-c2ccccc2)n1.